The minimum absolute atomic E-state index is 0.00411. The number of hydrogen-bond donors (Lipinski definition) is 3. The Morgan fingerprint density at radius 3 is 2.28 bits per heavy atom. The van der Waals surface area contributed by atoms with E-state index in [1.807, 2.05) is 44.2 Å². The third-order valence-corrected chi connectivity index (χ3v) is 7.54. The topological polar surface area (TPSA) is 106 Å². The van der Waals surface area contributed by atoms with E-state index in [4.69, 9.17) is 9.47 Å². The molecule has 4 aromatic rings. The second kappa shape index (κ2) is 14.7. The molecule has 9 heteroatoms. The second-order valence-electron chi connectivity index (χ2n) is 9.53. The number of carbonyl (C=O) groups excluding carboxylic acids is 3. The van der Waals surface area contributed by atoms with Crippen LogP contribution in [0.5, 0.6) is 11.5 Å². The van der Waals surface area contributed by atoms with Crippen LogP contribution in [0, 0.1) is 6.92 Å². The summed E-state index contributed by atoms with van der Waals surface area (Å²) in [4.78, 5) is 40.3. The molecular formula is C34H33N3O5S. The van der Waals surface area contributed by atoms with Crippen molar-refractivity contribution in [2.45, 2.75) is 24.0 Å². The number of methoxy groups -OCH3 is 2. The Labute approximate surface area is 255 Å². The van der Waals surface area contributed by atoms with Gasteiger partial charge in [-0.15, -0.1) is 11.8 Å². The van der Waals surface area contributed by atoms with Gasteiger partial charge in [-0.1, -0.05) is 42.5 Å². The van der Waals surface area contributed by atoms with Gasteiger partial charge in [0.2, 0.25) is 5.91 Å². The Hall–Kier alpha value is -5.02. The van der Waals surface area contributed by atoms with Gasteiger partial charge in [-0.05, 0) is 80.1 Å². The molecule has 43 heavy (non-hydrogen) atoms. The third kappa shape index (κ3) is 8.50. The predicted octanol–water partition coefficient (Wildman–Crippen LogP) is 6.54. The molecule has 1 unspecified atom stereocenters. The highest BCUT2D eigenvalue weighted by molar-refractivity contribution is 8.00. The van der Waals surface area contributed by atoms with Crippen molar-refractivity contribution < 1.29 is 23.9 Å². The number of nitrogens with one attached hydrogen (secondary N) is 3. The Morgan fingerprint density at radius 1 is 0.814 bits per heavy atom. The number of ether oxygens (including phenoxy) is 2. The van der Waals surface area contributed by atoms with Crippen LogP contribution in [0.15, 0.2) is 108 Å². The van der Waals surface area contributed by atoms with E-state index in [1.54, 1.807) is 66.7 Å². The largest absolute Gasteiger partial charge is 0.497 e. The lowest BCUT2D eigenvalue weighted by Crippen LogP contribution is -2.30. The molecule has 0 aliphatic rings. The third-order valence-electron chi connectivity index (χ3n) is 6.44. The van der Waals surface area contributed by atoms with E-state index >= 15 is 0 Å². The summed E-state index contributed by atoms with van der Waals surface area (Å²) in [6.07, 6.45) is 1.54. The summed E-state index contributed by atoms with van der Waals surface area (Å²) in [5.74, 6) is -0.0546. The lowest BCUT2D eigenvalue weighted by atomic mass is 10.1. The predicted molar refractivity (Wildman–Crippen MR) is 172 cm³/mol. The van der Waals surface area contributed by atoms with Gasteiger partial charge in [0.25, 0.3) is 11.8 Å². The van der Waals surface area contributed by atoms with Gasteiger partial charge in [0.05, 0.1) is 19.5 Å². The Balaban J connectivity index is 1.54. The monoisotopic (exact) mass is 595 g/mol. The summed E-state index contributed by atoms with van der Waals surface area (Å²) < 4.78 is 10.8. The van der Waals surface area contributed by atoms with E-state index in [2.05, 4.69) is 16.0 Å². The normalized spacial score (nSPS) is 11.7. The average Bonchev–Trinajstić information content (AvgIpc) is 3.02. The number of rotatable bonds is 11. The molecular weight excluding hydrogens is 562 g/mol. The molecule has 0 radical (unpaired) electrons. The quantitative estimate of drug-likeness (QED) is 0.134. The first kappa shape index (κ1) is 30.9. The van der Waals surface area contributed by atoms with E-state index in [-0.39, 0.29) is 11.6 Å². The van der Waals surface area contributed by atoms with Gasteiger partial charge >= 0.3 is 0 Å². The summed E-state index contributed by atoms with van der Waals surface area (Å²) in [5.41, 5.74) is 3.19. The molecule has 220 valence electrons. The van der Waals surface area contributed by atoms with Crippen LogP contribution in [-0.2, 0) is 9.59 Å². The van der Waals surface area contributed by atoms with Crippen LogP contribution in [0.25, 0.3) is 6.08 Å². The maximum atomic E-state index is 13.6. The highest BCUT2D eigenvalue weighted by Gasteiger charge is 2.18. The van der Waals surface area contributed by atoms with Crippen molar-refractivity contribution in [1.29, 1.82) is 0 Å². The van der Waals surface area contributed by atoms with E-state index < -0.39 is 17.1 Å². The maximum absolute atomic E-state index is 13.6. The summed E-state index contributed by atoms with van der Waals surface area (Å²) >= 11 is 1.37. The SMILES string of the molecule is COc1ccc(OC)c(/C=C(/NC(=O)c2ccccc2)C(=O)Nc2cccc(SC(C)C(=O)Nc3ccccc3C)c2)c1. The Bertz CT molecular complexity index is 1640. The molecule has 0 aliphatic carbocycles. The maximum Gasteiger partial charge on any atom is 0.272 e. The van der Waals surface area contributed by atoms with Gasteiger partial charge in [-0.3, -0.25) is 14.4 Å². The zero-order valence-corrected chi connectivity index (χ0v) is 25.2. The van der Waals surface area contributed by atoms with Crippen LogP contribution >= 0.6 is 11.8 Å². The molecule has 1 atom stereocenters. The van der Waals surface area contributed by atoms with Crippen molar-refractivity contribution in [3.8, 4) is 11.5 Å². The first-order valence-corrected chi connectivity index (χ1v) is 14.4. The lowest BCUT2D eigenvalue weighted by Gasteiger charge is -2.15. The standard InChI is InChI=1S/C34H33N3O5S/c1-22-11-8-9-16-29(22)36-32(38)23(2)43-28-15-10-14-26(21-28)35-34(40)30(37-33(39)24-12-6-5-7-13-24)20-25-19-27(41-3)17-18-31(25)42-4/h5-21,23H,1-4H3,(H,35,40)(H,36,38)(H,37,39)/b30-20+. The van der Waals surface area contributed by atoms with E-state index in [0.29, 0.717) is 28.3 Å². The number of amides is 3. The smallest absolute Gasteiger partial charge is 0.272 e. The molecule has 0 bridgehead atoms. The number of thioether (sulfide) groups is 1. The van der Waals surface area contributed by atoms with Crippen molar-refractivity contribution in [3.63, 3.8) is 0 Å². The first-order chi connectivity index (χ1) is 20.8. The number of benzene rings is 4. The van der Waals surface area contributed by atoms with Crippen molar-refractivity contribution in [3.05, 3.63) is 119 Å². The molecule has 0 saturated carbocycles. The fourth-order valence-electron chi connectivity index (χ4n) is 4.10. The fourth-order valence-corrected chi connectivity index (χ4v) is 5.03. The molecule has 0 aromatic heterocycles. The molecule has 3 amide bonds. The van der Waals surface area contributed by atoms with Gasteiger partial charge in [-0.25, -0.2) is 0 Å². The minimum atomic E-state index is -0.540. The van der Waals surface area contributed by atoms with Gasteiger partial charge in [0.1, 0.15) is 17.2 Å². The molecule has 8 nitrogen and oxygen atoms in total. The summed E-state index contributed by atoms with van der Waals surface area (Å²) in [5, 5.41) is 8.17. The van der Waals surface area contributed by atoms with Crippen LogP contribution in [0.3, 0.4) is 0 Å². The summed E-state index contributed by atoms with van der Waals surface area (Å²) in [7, 11) is 3.06. The zero-order chi connectivity index (χ0) is 30.8. The van der Waals surface area contributed by atoms with Crippen molar-refractivity contribution in [1.82, 2.24) is 5.32 Å². The van der Waals surface area contributed by atoms with Crippen molar-refractivity contribution in [2.24, 2.45) is 0 Å². The molecule has 4 rings (SSSR count). The zero-order valence-electron chi connectivity index (χ0n) is 24.3. The van der Waals surface area contributed by atoms with Gasteiger partial charge < -0.3 is 25.4 Å². The second-order valence-corrected chi connectivity index (χ2v) is 10.9. The fraction of sp³-hybridized carbons (Fsp3) is 0.147. The molecule has 0 fully saturated rings. The van der Waals surface area contributed by atoms with E-state index in [1.165, 1.54) is 32.1 Å². The van der Waals surface area contributed by atoms with Gasteiger partial charge in [-0.2, -0.15) is 0 Å². The summed E-state index contributed by atoms with van der Waals surface area (Å²) in [6.45, 7) is 3.76. The highest BCUT2D eigenvalue weighted by Crippen LogP contribution is 2.28. The molecule has 0 saturated heterocycles. The van der Waals surface area contributed by atoms with Crippen LogP contribution in [0.4, 0.5) is 11.4 Å². The number of anilines is 2. The number of hydrogen-bond acceptors (Lipinski definition) is 6. The average molecular weight is 596 g/mol. The van der Waals surface area contributed by atoms with E-state index in [9.17, 15) is 14.4 Å². The Morgan fingerprint density at radius 2 is 1.56 bits per heavy atom. The Kier molecular flexibility index (Phi) is 10.6. The van der Waals surface area contributed by atoms with Crippen molar-refractivity contribution in [2.75, 3.05) is 24.9 Å². The van der Waals surface area contributed by atoms with Crippen LogP contribution in [-0.4, -0.2) is 37.2 Å². The van der Waals surface area contributed by atoms with Crippen molar-refractivity contribution >= 4 is 46.9 Å². The van der Waals surface area contributed by atoms with Crippen LogP contribution in [0.1, 0.15) is 28.4 Å². The molecule has 0 heterocycles. The number of carbonyl (C=O) groups is 3. The van der Waals surface area contributed by atoms with Gasteiger partial charge in [0, 0.05) is 27.4 Å². The first-order valence-electron chi connectivity index (χ1n) is 13.5. The number of aryl methyl sites for hydroxylation is 1. The van der Waals surface area contributed by atoms with Crippen LogP contribution in [0.2, 0.25) is 0 Å². The van der Waals surface area contributed by atoms with Crippen LogP contribution < -0.4 is 25.4 Å². The van der Waals surface area contributed by atoms with E-state index in [0.717, 1.165) is 16.1 Å². The van der Waals surface area contributed by atoms with Gasteiger partial charge in [0.15, 0.2) is 0 Å². The summed E-state index contributed by atoms with van der Waals surface area (Å²) in [6, 6.07) is 28.6. The number of para-hydroxylation sites is 1. The molecule has 0 aliphatic heterocycles. The molecule has 0 spiro atoms. The highest BCUT2D eigenvalue weighted by atomic mass is 32.2. The molecule has 4 aromatic carbocycles. The minimum Gasteiger partial charge on any atom is -0.497 e. The molecule has 3 N–H and O–H groups in total. The lowest BCUT2D eigenvalue weighted by molar-refractivity contribution is -0.115.